The van der Waals surface area contributed by atoms with Crippen LogP contribution in [-0.2, 0) is 10.5 Å². The van der Waals surface area contributed by atoms with Crippen molar-refractivity contribution in [3.05, 3.63) is 70.2 Å². The van der Waals surface area contributed by atoms with Crippen LogP contribution in [0.5, 0.6) is 0 Å². The smallest absolute Gasteiger partial charge is 0.217 e. The lowest BCUT2D eigenvalue weighted by Gasteiger charge is -2.18. The molecule has 4 heteroatoms. The zero-order valence-corrected chi connectivity index (χ0v) is 14.3. The molecule has 1 atom stereocenters. The van der Waals surface area contributed by atoms with Crippen LogP contribution in [0.4, 0.5) is 0 Å². The van der Waals surface area contributed by atoms with E-state index in [9.17, 15) is 4.79 Å². The van der Waals surface area contributed by atoms with E-state index in [2.05, 4.69) is 45.5 Å². The molecule has 0 bridgehead atoms. The lowest BCUT2D eigenvalue weighted by Crippen LogP contribution is -2.27. The van der Waals surface area contributed by atoms with E-state index < -0.39 is 0 Å². The van der Waals surface area contributed by atoms with Crippen molar-refractivity contribution in [2.75, 3.05) is 5.75 Å². The van der Waals surface area contributed by atoms with E-state index in [0.29, 0.717) is 0 Å². The van der Waals surface area contributed by atoms with E-state index >= 15 is 0 Å². The monoisotopic (exact) mass is 363 g/mol. The first-order valence-electron chi connectivity index (χ1n) is 6.79. The molecule has 0 saturated heterocycles. The van der Waals surface area contributed by atoms with Gasteiger partial charge in [0.25, 0.3) is 0 Å². The zero-order chi connectivity index (χ0) is 15.1. The molecule has 2 aromatic carbocycles. The van der Waals surface area contributed by atoms with Crippen LogP contribution < -0.4 is 5.32 Å². The highest BCUT2D eigenvalue weighted by molar-refractivity contribution is 9.10. The van der Waals surface area contributed by atoms with Crippen LogP contribution in [0.25, 0.3) is 0 Å². The Hall–Kier alpha value is -1.26. The molecule has 0 fully saturated rings. The molecule has 0 aliphatic heterocycles. The van der Waals surface area contributed by atoms with Gasteiger partial charge in [0.1, 0.15) is 0 Å². The van der Waals surface area contributed by atoms with Crippen molar-refractivity contribution in [2.24, 2.45) is 0 Å². The number of halogens is 1. The van der Waals surface area contributed by atoms with Gasteiger partial charge in [-0.15, -0.1) is 0 Å². The third-order valence-electron chi connectivity index (χ3n) is 3.05. The number of rotatable bonds is 6. The second-order valence-corrected chi connectivity index (χ2v) is 6.75. The average Bonchev–Trinajstić information content (AvgIpc) is 2.48. The molecule has 0 spiro atoms. The van der Waals surface area contributed by atoms with Gasteiger partial charge in [0.05, 0.1) is 6.04 Å². The first-order valence-corrected chi connectivity index (χ1v) is 8.74. The number of hydrogen-bond acceptors (Lipinski definition) is 2. The van der Waals surface area contributed by atoms with Gasteiger partial charge in [-0.25, -0.2) is 0 Å². The predicted octanol–water partition coefficient (Wildman–Crippen LogP) is 4.56. The van der Waals surface area contributed by atoms with Crippen LogP contribution in [0.3, 0.4) is 0 Å². The number of amides is 1. The largest absolute Gasteiger partial charge is 0.349 e. The third kappa shape index (κ3) is 5.56. The topological polar surface area (TPSA) is 29.1 Å². The van der Waals surface area contributed by atoms with Gasteiger partial charge in [-0.2, -0.15) is 11.8 Å². The van der Waals surface area contributed by atoms with Gasteiger partial charge in [-0.05, 0) is 23.3 Å². The molecule has 0 heterocycles. The minimum absolute atomic E-state index is 0.00299. The Bertz CT molecular complexity index is 571. The van der Waals surface area contributed by atoms with E-state index in [-0.39, 0.29) is 11.9 Å². The summed E-state index contributed by atoms with van der Waals surface area (Å²) in [4.78, 5) is 11.4. The van der Waals surface area contributed by atoms with Crippen molar-refractivity contribution in [3.63, 3.8) is 0 Å². The normalized spacial score (nSPS) is 11.9. The average molecular weight is 364 g/mol. The highest BCUT2D eigenvalue weighted by atomic mass is 79.9. The molecule has 110 valence electrons. The summed E-state index contributed by atoms with van der Waals surface area (Å²) in [5.41, 5.74) is 2.44. The molecule has 21 heavy (non-hydrogen) atoms. The molecule has 1 amide bonds. The third-order valence-corrected chi connectivity index (χ3v) is 4.68. The summed E-state index contributed by atoms with van der Waals surface area (Å²) in [6.45, 7) is 1.56. The molecular formula is C17H18BrNOS. The maximum atomic E-state index is 11.4. The lowest BCUT2D eigenvalue weighted by molar-refractivity contribution is -0.119. The fraction of sp³-hybridized carbons (Fsp3) is 0.235. The van der Waals surface area contributed by atoms with Gasteiger partial charge < -0.3 is 5.32 Å². The summed E-state index contributed by atoms with van der Waals surface area (Å²) in [7, 11) is 0. The van der Waals surface area contributed by atoms with Crippen LogP contribution >= 0.6 is 27.7 Å². The second kappa shape index (κ2) is 8.25. The van der Waals surface area contributed by atoms with Crippen LogP contribution in [0.1, 0.15) is 24.1 Å². The minimum atomic E-state index is 0.00299. The summed E-state index contributed by atoms with van der Waals surface area (Å²) in [5.74, 6) is 1.81. The van der Waals surface area contributed by atoms with Crippen molar-refractivity contribution in [2.45, 2.75) is 18.7 Å². The van der Waals surface area contributed by atoms with Crippen molar-refractivity contribution in [3.8, 4) is 0 Å². The maximum absolute atomic E-state index is 11.4. The second-order valence-electron chi connectivity index (χ2n) is 4.81. The van der Waals surface area contributed by atoms with Crippen molar-refractivity contribution >= 4 is 33.6 Å². The Morgan fingerprint density at radius 2 is 1.81 bits per heavy atom. The molecule has 2 nitrogen and oxygen atoms in total. The van der Waals surface area contributed by atoms with Crippen molar-refractivity contribution in [1.29, 1.82) is 0 Å². The molecule has 0 aromatic heterocycles. The molecule has 1 unspecified atom stereocenters. The number of carbonyl (C=O) groups excluding carboxylic acids is 1. The summed E-state index contributed by atoms with van der Waals surface area (Å²) in [6.07, 6.45) is 0. The maximum Gasteiger partial charge on any atom is 0.217 e. The lowest BCUT2D eigenvalue weighted by atomic mass is 10.1. The van der Waals surface area contributed by atoms with Crippen LogP contribution in [0.2, 0.25) is 0 Å². The fourth-order valence-electron chi connectivity index (χ4n) is 2.03. The Kier molecular flexibility index (Phi) is 6.33. The van der Waals surface area contributed by atoms with Gasteiger partial charge in [-0.1, -0.05) is 58.4 Å². The summed E-state index contributed by atoms with van der Waals surface area (Å²) in [5, 5.41) is 3.03. The van der Waals surface area contributed by atoms with Gasteiger partial charge >= 0.3 is 0 Å². The van der Waals surface area contributed by atoms with E-state index in [1.165, 1.54) is 5.56 Å². The molecule has 1 N–H and O–H groups in total. The standard InChI is InChI=1S/C17H18BrNOS/c1-13(20)19-17(15-7-9-16(18)10-8-15)12-21-11-14-5-3-2-4-6-14/h2-10,17H,11-12H2,1H3,(H,19,20). The first-order chi connectivity index (χ1) is 10.1. The molecular weight excluding hydrogens is 346 g/mol. The Morgan fingerprint density at radius 1 is 1.14 bits per heavy atom. The molecule has 0 aliphatic carbocycles. The highest BCUT2D eigenvalue weighted by Crippen LogP contribution is 2.23. The van der Waals surface area contributed by atoms with Gasteiger partial charge in [0.15, 0.2) is 0 Å². The Labute approximate surface area is 138 Å². The Morgan fingerprint density at radius 3 is 2.43 bits per heavy atom. The number of carbonyl (C=O) groups is 1. The number of nitrogens with one attached hydrogen (secondary N) is 1. The van der Waals surface area contributed by atoms with Gasteiger partial charge in [0.2, 0.25) is 5.91 Å². The molecule has 0 radical (unpaired) electrons. The van der Waals surface area contributed by atoms with Crippen molar-refractivity contribution in [1.82, 2.24) is 5.32 Å². The van der Waals surface area contributed by atoms with Crippen LogP contribution in [-0.4, -0.2) is 11.7 Å². The highest BCUT2D eigenvalue weighted by Gasteiger charge is 2.12. The molecule has 2 aromatic rings. The van der Waals surface area contributed by atoms with Gasteiger partial charge in [0, 0.05) is 22.9 Å². The minimum Gasteiger partial charge on any atom is -0.349 e. The molecule has 0 aliphatic rings. The van der Waals surface area contributed by atoms with Crippen LogP contribution in [0.15, 0.2) is 59.1 Å². The molecule has 2 rings (SSSR count). The summed E-state index contributed by atoms with van der Waals surface area (Å²) in [6, 6.07) is 18.5. The quantitative estimate of drug-likeness (QED) is 0.814. The van der Waals surface area contributed by atoms with Crippen LogP contribution in [0, 0.1) is 0 Å². The number of hydrogen-bond donors (Lipinski definition) is 1. The van der Waals surface area contributed by atoms with Gasteiger partial charge in [-0.3, -0.25) is 4.79 Å². The number of thioether (sulfide) groups is 1. The number of benzene rings is 2. The fourth-order valence-corrected chi connectivity index (χ4v) is 3.35. The summed E-state index contributed by atoms with van der Waals surface area (Å²) < 4.78 is 1.05. The first kappa shape index (κ1) is 16.1. The van der Waals surface area contributed by atoms with E-state index in [1.54, 1.807) is 6.92 Å². The predicted molar refractivity (Wildman–Crippen MR) is 93.3 cm³/mol. The SMILES string of the molecule is CC(=O)NC(CSCc1ccccc1)c1ccc(Br)cc1. The van der Waals surface area contributed by atoms with Crippen molar-refractivity contribution < 1.29 is 4.79 Å². The Balaban J connectivity index is 1.96. The summed E-state index contributed by atoms with van der Waals surface area (Å²) >= 11 is 5.27. The zero-order valence-electron chi connectivity index (χ0n) is 11.9. The van der Waals surface area contributed by atoms with E-state index in [0.717, 1.165) is 21.5 Å². The molecule has 0 saturated carbocycles. The van der Waals surface area contributed by atoms with E-state index in [4.69, 9.17) is 0 Å². The van der Waals surface area contributed by atoms with E-state index in [1.807, 2.05) is 42.1 Å².